The van der Waals surface area contributed by atoms with Crippen LogP contribution < -0.4 is 0 Å². The Morgan fingerprint density at radius 3 is 2.58 bits per heavy atom. The molecule has 3 heteroatoms. The lowest BCUT2D eigenvalue weighted by Crippen LogP contribution is -1.99. The minimum atomic E-state index is -0.245. The molecule has 0 heterocycles. The van der Waals surface area contributed by atoms with Crippen LogP contribution in [0.5, 0.6) is 0 Å². The summed E-state index contributed by atoms with van der Waals surface area (Å²) in [6, 6.07) is 0. The van der Waals surface area contributed by atoms with Crippen LogP contribution in [0.1, 0.15) is 20.3 Å². The highest BCUT2D eigenvalue weighted by Crippen LogP contribution is 1.98. The van der Waals surface area contributed by atoms with Gasteiger partial charge in [-0.3, -0.25) is 4.79 Å². The summed E-state index contributed by atoms with van der Waals surface area (Å²) in [6.45, 7) is 4.47. The second-order valence-electron chi connectivity index (χ2n) is 2.60. The van der Waals surface area contributed by atoms with E-state index in [1.807, 2.05) is 13.0 Å². The number of carbonyl (C=O) groups is 1. The van der Waals surface area contributed by atoms with Crippen molar-refractivity contribution in [2.24, 2.45) is 0 Å². The van der Waals surface area contributed by atoms with E-state index in [4.69, 9.17) is 9.47 Å². The van der Waals surface area contributed by atoms with Crippen LogP contribution in [0.2, 0.25) is 0 Å². The van der Waals surface area contributed by atoms with Gasteiger partial charge in [-0.05, 0) is 19.4 Å². The molecule has 0 spiro atoms. The van der Waals surface area contributed by atoms with Gasteiger partial charge in [0.05, 0.1) is 0 Å². The summed E-state index contributed by atoms with van der Waals surface area (Å²) in [5.74, 6) is -0.245. The van der Waals surface area contributed by atoms with E-state index in [-0.39, 0.29) is 5.97 Å². The highest BCUT2D eigenvalue weighted by Gasteiger charge is 1.91. The monoisotopic (exact) mass is 172 g/mol. The first-order valence-electron chi connectivity index (χ1n) is 3.94. The average Bonchev–Trinajstić information content (AvgIpc) is 2.00. The fourth-order valence-electron chi connectivity index (χ4n) is 0.666. The summed E-state index contributed by atoms with van der Waals surface area (Å²) in [5, 5.41) is 0. The molecule has 0 saturated heterocycles. The third kappa shape index (κ3) is 7.28. The lowest BCUT2D eigenvalue weighted by Gasteiger charge is -2.00. The molecule has 3 nitrogen and oxygen atoms in total. The highest BCUT2D eigenvalue weighted by molar-refractivity contribution is 5.65. The molecule has 0 aromatic carbocycles. The Kier molecular flexibility index (Phi) is 6.38. The Bertz CT molecular complexity index is 161. The largest absolute Gasteiger partial charge is 0.462 e. The maximum atomic E-state index is 10.4. The van der Waals surface area contributed by atoms with Crippen LogP contribution in [0.3, 0.4) is 0 Å². The van der Waals surface area contributed by atoms with Crippen molar-refractivity contribution in [3.8, 4) is 0 Å². The zero-order valence-electron chi connectivity index (χ0n) is 7.92. The van der Waals surface area contributed by atoms with Gasteiger partial charge in [-0.2, -0.15) is 0 Å². The molecule has 0 saturated carbocycles. The fraction of sp³-hybridized carbons (Fsp3) is 0.667. The van der Waals surface area contributed by atoms with Gasteiger partial charge in [-0.1, -0.05) is 5.57 Å². The first kappa shape index (κ1) is 11.2. The molecule has 12 heavy (non-hydrogen) atoms. The van der Waals surface area contributed by atoms with Crippen molar-refractivity contribution in [2.75, 3.05) is 20.3 Å². The van der Waals surface area contributed by atoms with Crippen LogP contribution in [0.15, 0.2) is 11.6 Å². The fourth-order valence-corrected chi connectivity index (χ4v) is 0.666. The molecular weight excluding hydrogens is 156 g/mol. The summed E-state index contributed by atoms with van der Waals surface area (Å²) in [6.07, 6.45) is 2.78. The van der Waals surface area contributed by atoms with E-state index in [0.29, 0.717) is 13.2 Å². The third-order valence-corrected chi connectivity index (χ3v) is 1.42. The molecule has 0 unspecified atom stereocenters. The third-order valence-electron chi connectivity index (χ3n) is 1.42. The Morgan fingerprint density at radius 1 is 1.42 bits per heavy atom. The Labute approximate surface area is 73.4 Å². The van der Waals surface area contributed by atoms with Gasteiger partial charge < -0.3 is 9.47 Å². The van der Waals surface area contributed by atoms with Crippen molar-refractivity contribution in [1.82, 2.24) is 0 Å². The molecule has 0 aromatic rings. The quantitative estimate of drug-likeness (QED) is 0.466. The molecule has 0 bridgehead atoms. The van der Waals surface area contributed by atoms with Crippen LogP contribution in [0.4, 0.5) is 0 Å². The van der Waals surface area contributed by atoms with Crippen LogP contribution in [0.25, 0.3) is 0 Å². The van der Waals surface area contributed by atoms with Gasteiger partial charge >= 0.3 is 5.97 Å². The van der Waals surface area contributed by atoms with Gasteiger partial charge in [0.15, 0.2) is 0 Å². The second-order valence-corrected chi connectivity index (χ2v) is 2.60. The van der Waals surface area contributed by atoms with Crippen molar-refractivity contribution >= 4 is 5.97 Å². The first-order valence-corrected chi connectivity index (χ1v) is 3.94. The molecule has 0 aliphatic rings. The number of esters is 1. The van der Waals surface area contributed by atoms with Crippen molar-refractivity contribution in [3.63, 3.8) is 0 Å². The van der Waals surface area contributed by atoms with E-state index in [9.17, 15) is 4.79 Å². The zero-order valence-corrected chi connectivity index (χ0v) is 7.92. The molecule has 0 rings (SSSR count). The number of hydrogen-bond acceptors (Lipinski definition) is 3. The average molecular weight is 172 g/mol. The molecule has 0 aliphatic carbocycles. The van der Waals surface area contributed by atoms with Gasteiger partial charge in [0.1, 0.15) is 6.61 Å². The summed E-state index contributed by atoms with van der Waals surface area (Å²) in [5.41, 5.74) is 1.18. The maximum Gasteiger partial charge on any atom is 0.302 e. The van der Waals surface area contributed by atoms with Crippen LogP contribution in [-0.4, -0.2) is 26.3 Å². The molecule has 0 fully saturated rings. The zero-order chi connectivity index (χ0) is 9.40. The van der Waals surface area contributed by atoms with Gasteiger partial charge in [-0.25, -0.2) is 0 Å². The lowest BCUT2D eigenvalue weighted by molar-refractivity contribution is -0.139. The summed E-state index contributed by atoms with van der Waals surface area (Å²) in [7, 11) is 1.67. The number of ether oxygens (including phenoxy) is 2. The highest BCUT2D eigenvalue weighted by atomic mass is 16.5. The molecule has 0 atom stereocenters. The van der Waals surface area contributed by atoms with E-state index in [2.05, 4.69) is 0 Å². The van der Waals surface area contributed by atoms with Crippen molar-refractivity contribution in [3.05, 3.63) is 11.6 Å². The Hall–Kier alpha value is -0.830. The summed E-state index contributed by atoms with van der Waals surface area (Å²) >= 11 is 0. The van der Waals surface area contributed by atoms with E-state index in [0.717, 1.165) is 6.42 Å². The number of rotatable bonds is 5. The van der Waals surface area contributed by atoms with E-state index in [1.165, 1.54) is 12.5 Å². The molecule has 0 N–H and O–H groups in total. The summed E-state index contributed by atoms with van der Waals surface area (Å²) < 4.78 is 9.63. The smallest absolute Gasteiger partial charge is 0.302 e. The standard InChI is InChI=1S/C9H16O3/c1-8(4-6-11-3)5-7-12-9(2)10/h5H,4,6-7H2,1-3H3. The Balaban J connectivity index is 3.47. The van der Waals surface area contributed by atoms with Crippen LogP contribution in [0, 0.1) is 0 Å². The van der Waals surface area contributed by atoms with Gasteiger partial charge in [0.25, 0.3) is 0 Å². The molecule has 70 valence electrons. The Morgan fingerprint density at radius 2 is 2.08 bits per heavy atom. The summed E-state index contributed by atoms with van der Waals surface area (Å²) in [4.78, 5) is 10.4. The predicted octanol–water partition coefficient (Wildman–Crippen LogP) is 1.53. The second kappa shape index (κ2) is 6.85. The van der Waals surface area contributed by atoms with E-state index < -0.39 is 0 Å². The SMILES string of the molecule is COCCC(C)=CCOC(C)=O. The van der Waals surface area contributed by atoms with Crippen molar-refractivity contribution in [2.45, 2.75) is 20.3 Å². The van der Waals surface area contributed by atoms with Gasteiger partial charge in [-0.15, -0.1) is 0 Å². The minimum Gasteiger partial charge on any atom is -0.462 e. The van der Waals surface area contributed by atoms with Crippen molar-refractivity contribution in [1.29, 1.82) is 0 Å². The molecule has 0 aliphatic heterocycles. The topological polar surface area (TPSA) is 35.5 Å². The number of carbonyl (C=O) groups excluding carboxylic acids is 1. The van der Waals surface area contributed by atoms with E-state index >= 15 is 0 Å². The maximum absolute atomic E-state index is 10.4. The minimum absolute atomic E-state index is 0.245. The number of hydrogen-bond donors (Lipinski definition) is 0. The van der Waals surface area contributed by atoms with Crippen molar-refractivity contribution < 1.29 is 14.3 Å². The first-order chi connectivity index (χ1) is 5.66. The molecule has 0 amide bonds. The molecule has 0 aromatic heterocycles. The van der Waals surface area contributed by atoms with Crippen LogP contribution >= 0.6 is 0 Å². The van der Waals surface area contributed by atoms with E-state index in [1.54, 1.807) is 7.11 Å². The predicted molar refractivity (Wildman–Crippen MR) is 46.9 cm³/mol. The normalized spacial score (nSPS) is 11.4. The number of methoxy groups -OCH3 is 1. The van der Waals surface area contributed by atoms with Gasteiger partial charge in [0, 0.05) is 20.6 Å². The molecular formula is C9H16O3. The lowest BCUT2D eigenvalue weighted by atomic mass is 10.2. The van der Waals surface area contributed by atoms with Crippen LogP contribution in [-0.2, 0) is 14.3 Å². The van der Waals surface area contributed by atoms with Gasteiger partial charge in [0.2, 0.25) is 0 Å². The molecule has 0 radical (unpaired) electrons.